The van der Waals surface area contributed by atoms with Gasteiger partial charge in [-0.25, -0.2) is 0 Å². The Bertz CT molecular complexity index is 585. The van der Waals surface area contributed by atoms with E-state index < -0.39 is 0 Å². The Labute approximate surface area is 130 Å². The highest BCUT2D eigenvalue weighted by molar-refractivity contribution is 5.84. The van der Waals surface area contributed by atoms with Crippen LogP contribution in [0.2, 0.25) is 0 Å². The Hall–Kier alpha value is -2.27. The molecule has 0 aliphatic carbocycles. The van der Waals surface area contributed by atoms with Crippen molar-refractivity contribution < 1.29 is 31.2 Å². The molecule has 0 unspecified atom stereocenters. The molecule has 0 N–H and O–H groups in total. The number of nitrogens with zero attached hydrogens (tertiary/aromatic N) is 2. The summed E-state index contributed by atoms with van der Waals surface area (Å²) in [6.45, 7) is 0. The monoisotopic (exact) mass is 308 g/mol. The first-order valence-electron chi connectivity index (χ1n) is 6.13. The number of ether oxygens (including phenoxy) is 2. The first kappa shape index (κ1) is 16.8. The average molecular weight is 309 g/mol. The second-order valence-corrected chi connectivity index (χ2v) is 4.18. The maximum Gasteiger partial charge on any atom is 0.502 e. The Balaban J connectivity index is 0.00000220. The molecule has 0 saturated heterocycles. The van der Waals surface area contributed by atoms with E-state index in [0.29, 0.717) is 5.75 Å². The summed E-state index contributed by atoms with van der Waals surface area (Å²) in [5, 5.41) is 0. The number of aromatic nitrogens is 1. The van der Waals surface area contributed by atoms with Gasteiger partial charge >= 0.3 is 6.03 Å². The van der Waals surface area contributed by atoms with Gasteiger partial charge in [0.05, 0.1) is 21.3 Å². The zero-order chi connectivity index (χ0) is 14.5. The van der Waals surface area contributed by atoms with Gasteiger partial charge in [-0.2, -0.15) is 14.3 Å². The third kappa shape index (κ3) is 3.86. The Morgan fingerprint density at radius 1 is 0.952 bits per heavy atom. The molecule has 21 heavy (non-hydrogen) atoms. The summed E-state index contributed by atoms with van der Waals surface area (Å²) in [7, 11) is 4.92. The van der Waals surface area contributed by atoms with E-state index in [4.69, 9.17) is 9.47 Å². The van der Waals surface area contributed by atoms with Crippen LogP contribution in [0.1, 0.15) is 0 Å². The lowest BCUT2D eigenvalue weighted by atomic mass is 10.3. The number of carbonyl (C=O) groups is 1. The smallest absolute Gasteiger partial charge is 0.502 e. The molecule has 0 atom stereocenters. The minimum Gasteiger partial charge on any atom is -1.00 e. The van der Waals surface area contributed by atoms with Crippen LogP contribution in [0.5, 0.6) is 11.5 Å². The van der Waals surface area contributed by atoms with Crippen LogP contribution in [0, 0.1) is 0 Å². The molecule has 1 aromatic heterocycles. The molecule has 0 bridgehead atoms. The molecule has 0 radical (unpaired) electrons. The second-order valence-electron chi connectivity index (χ2n) is 4.18. The van der Waals surface area contributed by atoms with Crippen molar-refractivity contribution in [3.63, 3.8) is 0 Å². The first-order valence-corrected chi connectivity index (χ1v) is 6.13. The van der Waals surface area contributed by atoms with Crippen molar-refractivity contribution in [2.75, 3.05) is 26.2 Å². The van der Waals surface area contributed by atoms with Gasteiger partial charge in [-0.3, -0.25) is 0 Å². The number of pyridine rings is 1. The number of methoxy groups -OCH3 is 2. The van der Waals surface area contributed by atoms with Crippen LogP contribution in [0.3, 0.4) is 0 Å². The van der Waals surface area contributed by atoms with Crippen LogP contribution in [0.4, 0.5) is 10.5 Å². The van der Waals surface area contributed by atoms with E-state index in [1.54, 1.807) is 50.7 Å². The lowest BCUT2D eigenvalue weighted by molar-refractivity contribution is -0.569. The molecule has 1 amide bonds. The molecule has 0 spiro atoms. The van der Waals surface area contributed by atoms with E-state index >= 15 is 0 Å². The standard InChI is InChI=1S/C15H17N2O3.ClH/c1-16(12-4-6-13(19-2)7-5-12)15(18)17-10-8-14(20-3)9-11-17;/h4-11H,1-3H3;1H/q+1;/p-1. The van der Waals surface area contributed by atoms with Crippen LogP contribution in [0.25, 0.3) is 0 Å². The van der Waals surface area contributed by atoms with Gasteiger partial charge in [0.15, 0.2) is 0 Å². The first-order chi connectivity index (χ1) is 9.65. The number of halogens is 1. The summed E-state index contributed by atoms with van der Waals surface area (Å²) < 4.78 is 11.7. The molecule has 1 heterocycles. The highest BCUT2D eigenvalue weighted by Crippen LogP contribution is 2.18. The fourth-order valence-electron chi connectivity index (χ4n) is 1.77. The molecule has 6 heteroatoms. The molecule has 112 valence electrons. The number of benzene rings is 1. The molecule has 0 saturated carbocycles. The molecular formula is C15H17ClN2O3. The minimum atomic E-state index is -0.155. The molecule has 2 aromatic rings. The molecule has 0 aliphatic heterocycles. The fraction of sp³-hybridized carbons (Fsp3) is 0.200. The predicted molar refractivity (Wildman–Crippen MR) is 75.4 cm³/mol. The summed E-state index contributed by atoms with van der Waals surface area (Å²) in [5.74, 6) is 1.47. The van der Waals surface area contributed by atoms with Gasteiger partial charge in [0.1, 0.15) is 29.6 Å². The van der Waals surface area contributed by atoms with Crippen molar-refractivity contribution >= 4 is 11.7 Å². The van der Waals surface area contributed by atoms with Crippen molar-refractivity contribution in [3.05, 3.63) is 48.8 Å². The molecule has 0 fully saturated rings. The maximum atomic E-state index is 12.3. The molecule has 5 nitrogen and oxygen atoms in total. The fourth-order valence-corrected chi connectivity index (χ4v) is 1.77. The number of rotatable bonds is 3. The van der Waals surface area contributed by atoms with Crippen molar-refractivity contribution in [3.8, 4) is 11.5 Å². The highest BCUT2D eigenvalue weighted by atomic mass is 35.5. The zero-order valence-corrected chi connectivity index (χ0v) is 12.9. The van der Waals surface area contributed by atoms with Crippen LogP contribution >= 0.6 is 0 Å². The largest absolute Gasteiger partial charge is 1.00 e. The Kier molecular flexibility index (Phi) is 5.99. The second kappa shape index (κ2) is 7.50. The average Bonchev–Trinajstić information content (AvgIpc) is 2.53. The van der Waals surface area contributed by atoms with E-state index in [2.05, 4.69) is 0 Å². The van der Waals surface area contributed by atoms with E-state index in [1.165, 1.54) is 4.57 Å². The lowest BCUT2D eigenvalue weighted by Gasteiger charge is -2.10. The topological polar surface area (TPSA) is 42.7 Å². The van der Waals surface area contributed by atoms with Crippen LogP contribution in [0.15, 0.2) is 48.8 Å². The third-order valence-corrected chi connectivity index (χ3v) is 3.00. The van der Waals surface area contributed by atoms with Gasteiger partial charge in [0.25, 0.3) is 0 Å². The van der Waals surface area contributed by atoms with Crippen LogP contribution in [-0.2, 0) is 0 Å². The summed E-state index contributed by atoms with van der Waals surface area (Å²) in [6.07, 6.45) is 3.34. The normalized spacial score (nSPS) is 9.48. The van der Waals surface area contributed by atoms with Gasteiger partial charge in [0, 0.05) is 12.1 Å². The van der Waals surface area contributed by atoms with Gasteiger partial charge in [-0.1, -0.05) is 0 Å². The number of anilines is 1. The highest BCUT2D eigenvalue weighted by Gasteiger charge is 2.22. The SMILES string of the molecule is COc1ccc(N(C)C(=O)[n+]2ccc(OC)cc2)cc1.[Cl-]. The summed E-state index contributed by atoms with van der Waals surface area (Å²) in [6, 6.07) is 10.6. The molecule has 0 aliphatic rings. The Morgan fingerprint density at radius 2 is 1.43 bits per heavy atom. The van der Waals surface area contributed by atoms with E-state index in [-0.39, 0.29) is 18.4 Å². The van der Waals surface area contributed by atoms with E-state index in [9.17, 15) is 4.79 Å². The molecule has 1 aromatic carbocycles. The third-order valence-electron chi connectivity index (χ3n) is 3.00. The van der Waals surface area contributed by atoms with Crippen LogP contribution < -0.4 is 31.3 Å². The van der Waals surface area contributed by atoms with E-state index in [0.717, 1.165) is 11.4 Å². The van der Waals surface area contributed by atoms with Gasteiger partial charge in [-0.15, -0.1) is 0 Å². The number of carbonyl (C=O) groups excluding carboxylic acids is 1. The summed E-state index contributed by atoms with van der Waals surface area (Å²) in [5.41, 5.74) is 0.791. The Morgan fingerprint density at radius 3 is 1.90 bits per heavy atom. The van der Waals surface area contributed by atoms with Crippen molar-refractivity contribution in [2.24, 2.45) is 0 Å². The van der Waals surface area contributed by atoms with Crippen molar-refractivity contribution in [1.82, 2.24) is 0 Å². The molecular weight excluding hydrogens is 292 g/mol. The van der Waals surface area contributed by atoms with Crippen molar-refractivity contribution in [2.45, 2.75) is 0 Å². The minimum absolute atomic E-state index is 0. The lowest BCUT2D eigenvalue weighted by Crippen LogP contribution is -3.00. The zero-order valence-electron chi connectivity index (χ0n) is 12.1. The summed E-state index contributed by atoms with van der Waals surface area (Å²) >= 11 is 0. The predicted octanol–water partition coefficient (Wildman–Crippen LogP) is -0.900. The van der Waals surface area contributed by atoms with Gasteiger partial charge in [-0.05, 0) is 24.3 Å². The quantitative estimate of drug-likeness (QED) is 0.690. The summed E-state index contributed by atoms with van der Waals surface area (Å²) in [4.78, 5) is 13.9. The maximum absolute atomic E-state index is 12.3. The van der Waals surface area contributed by atoms with Gasteiger partial charge in [0.2, 0.25) is 0 Å². The van der Waals surface area contributed by atoms with E-state index in [1.807, 2.05) is 24.3 Å². The van der Waals surface area contributed by atoms with Crippen LogP contribution in [-0.4, -0.2) is 27.3 Å². The number of hydrogen-bond acceptors (Lipinski definition) is 3. The number of amides is 1. The molecule has 2 rings (SSSR count). The van der Waals surface area contributed by atoms with Gasteiger partial charge < -0.3 is 21.9 Å². The number of hydrogen-bond donors (Lipinski definition) is 0. The van der Waals surface area contributed by atoms with Crippen molar-refractivity contribution in [1.29, 1.82) is 0 Å².